The van der Waals surface area contributed by atoms with Gasteiger partial charge in [0.25, 0.3) is 0 Å². The van der Waals surface area contributed by atoms with Crippen molar-refractivity contribution >= 4 is 0 Å². The quantitative estimate of drug-likeness (QED) is 0.687. The number of aryl methyl sites for hydroxylation is 1. The third-order valence-corrected chi connectivity index (χ3v) is 1.63. The molecular weight excluding hydrogens is 152 g/mol. The molecule has 0 amide bonds. The summed E-state index contributed by atoms with van der Waals surface area (Å²) in [6.07, 6.45) is 3.56. The zero-order valence-electron chi connectivity index (χ0n) is 7.74. The third-order valence-electron chi connectivity index (χ3n) is 1.63. The van der Waals surface area contributed by atoms with Crippen LogP contribution in [0.3, 0.4) is 0 Å². The van der Waals surface area contributed by atoms with Gasteiger partial charge in [0.1, 0.15) is 0 Å². The minimum atomic E-state index is 0.0445. The van der Waals surface area contributed by atoms with Crippen molar-refractivity contribution in [3.05, 3.63) is 23.8 Å². The minimum absolute atomic E-state index is 0.0445. The molecule has 0 saturated heterocycles. The first-order valence-electron chi connectivity index (χ1n) is 4.14. The lowest BCUT2D eigenvalue weighted by atomic mass is 10.3. The zero-order valence-corrected chi connectivity index (χ0v) is 7.74. The van der Waals surface area contributed by atoms with E-state index in [1.807, 2.05) is 20.8 Å². The van der Waals surface area contributed by atoms with Crippen LogP contribution in [0.1, 0.15) is 31.3 Å². The smallest absolute Gasteiger partial charge is 0.0982 e. The van der Waals surface area contributed by atoms with Crippen molar-refractivity contribution in [2.75, 3.05) is 6.61 Å². The number of hydrogen-bond donors (Lipinski definition) is 0. The lowest BCUT2D eigenvalue weighted by Crippen LogP contribution is -2.02. The Morgan fingerprint density at radius 2 is 2.17 bits per heavy atom. The number of ether oxygens (including phenoxy) is 1. The molecule has 0 fully saturated rings. The second-order valence-electron chi connectivity index (χ2n) is 2.68. The zero-order chi connectivity index (χ0) is 8.97. The first-order valence-corrected chi connectivity index (χ1v) is 4.14. The van der Waals surface area contributed by atoms with Gasteiger partial charge in [-0.15, -0.1) is 0 Å². The van der Waals surface area contributed by atoms with Crippen molar-refractivity contribution in [1.29, 1.82) is 0 Å². The molecule has 0 aliphatic carbocycles. The summed E-state index contributed by atoms with van der Waals surface area (Å²) in [7, 11) is 0. The van der Waals surface area contributed by atoms with E-state index in [0.29, 0.717) is 6.61 Å². The average molecular weight is 166 g/mol. The van der Waals surface area contributed by atoms with E-state index >= 15 is 0 Å². The van der Waals surface area contributed by atoms with E-state index in [1.54, 1.807) is 12.4 Å². The standard InChI is InChI=1S/C9H14N2O/c1-4-12-8(3)9-6-10-7(2)5-11-9/h5-6,8H,4H2,1-3H3/t8-/m1/s1. The highest BCUT2D eigenvalue weighted by Gasteiger charge is 2.05. The second-order valence-corrected chi connectivity index (χ2v) is 2.68. The van der Waals surface area contributed by atoms with Crippen molar-refractivity contribution in [3.8, 4) is 0 Å². The summed E-state index contributed by atoms with van der Waals surface area (Å²) >= 11 is 0. The van der Waals surface area contributed by atoms with Crippen LogP contribution in [0.2, 0.25) is 0 Å². The highest BCUT2D eigenvalue weighted by molar-refractivity contribution is 5.02. The van der Waals surface area contributed by atoms with Crippen LogP contribution in [-0.2, 0) is 4.74 Å². The van der Waals surface area contributed by atoms with Crippen molar-refractivity contribution < 1.29 is 4.74 Å². The highest BCUT2D eigenvalue weighted by Crippen LogP contribution is 2.11. The first-order chi connectivity index (χ1) is 5.74. The van der Waals surface area contributed by atoms with Gasteiger partial charge in [-0.1, -0.05) is 0 Å². The van der Waals surface area contributed by atoms with E-state index < -0.39 is 0 Å². The predicted octanol–water partition coefficient (Wildman–Crippen LogP) is 1.88. The van der Waals surface area contributed by atoms with Crippen LogP contribution in [0.4, 0.5) is 0 Å². The van der Waals surface area contributed by atoms with E-state index in [2.05, 4.69) is 9.97 Å². The number of aromatic nitrogens is 2. The molecule has 3 nitrogen and oxygen atoms in total. The fourth-order valence-corrected chi connectivity index (χ4v) is 0.948. The molecule has 0 radical (unpaired) electrons. The third kappa shape index (κ3) is 2.27. The van der Waals surface area contributed by atoms with Gasteiger partial charge < -0.3 is 4.74 Å². The van der Waals surface area contributed by atoms with Gasteiger partial charge in [0.15, 0.2) is 0 Å². The largest absolute Gasteiger partial charge is 0.372 e. The summed E-state index contributed by atoms with van der Waals surface area (Å²) in [5.41, 5.74) is 1.82. The molecule has 66 valence electrons. The Balaban J connectivity index is 2.68. The van der Waals surface area contributed by atoms with Crippen LogP contribution in [0.15, 0.2) is 12.4 Å². The lowest BCUT2D eigenvalue weighted by Gasteiger charge is -2.09. The van der Waals surface area contributed by atoms with Gasteiger partial charge in [-0.3, -0.25) is 9.97 Å². The normalized spacial score (nSPS) is 12.9. The van der Waals surface area contributed by atoms with E-state index in [-0.39, 0.29) is 6.10 Å². The van der Waals surface area contributed by atoms with Gasteiger partial charge in [-0.25, -0.2) is 0 Å². The second kappa shape index (κ2) is 4.16. The van der Waals surface area contributed by atoms with Crippen molar-refractivity contribution in [3.63, 3.8) is 0 Å². The summed E-state index contributed by atoms with van der Waals surface area (Å²) in [6, 6.07) is 0. The van der Waals surface area contributed by atoms with Crippen LogP contribution in [0, 0.1) is 6.92 Å². The maximum absolute atomic E-state index is 5.37. The predicted molar refractivity (Wildman–Crippen MR) is 46.8 cm³/mol. The molecule has 1 aromatic rings. The van der Waals surface area contributed by atoms with E-state index in [1.165, 1.54) is 0 Å². The first kappa shape index (κ1) is 9.13. The summed E-state index contributed by atoms with van der Waals surface area (Å²) in [5, 5.41) is 0. The minimum Gasteiger partial charge on any atom is -0.372 e. The molecule has 0 aliphatic rings. The fraction of sp³-hybridized carbons (Fsp3) is 0.556. The van der Waals surface area contributed by atoms with Crippen LogP contribution >= 0.6 is 0 Å². The Hall–Kier alpha value is -0.960. The molecule has 1 aromatic heterocycles. The van der Waals surface area contributed by atoms with Crippen molar-refractivity contribution in [2.24, 2.45) is 0 Å². The summed E-state index contributed by atoms with van der Waals surface area (Å²) in [5.74, 6) is 0. The molecule has 1 atom stereocenters. The molecule has 3 heteroatoms. The summed E-state index contributed by atoms with van der Waals surface area (Å²) in [4.78, 5) is 8.35. The van der Waals surface area contributed by atoms with E-state index in [0.717, 1.165) is 11.4 Å². The van der Waals surface area contributed by atoms with Crippen LogP contribution in [0.5, 0.6) is 0 Å². The van der Waals surface area contributed by atoms with Crippen LogP contribution in [-0.4, -0.2) is 16.6 Å². The number of hydrogen-bond acceptors (Lipinski definition) is 3. The Morgan fingerprint density at radius 3 is 2.67 bits per heavy atom. The SMILES string of the molecule is CCO[C@H](C)c1cnc(C)cn1. The molecule has 1 rings (SSSR count). The molecule has 12 heavy (non-hydrogen) atoms. The fourth-order valence-electron chi connectivity index (χ4n) is 0.948. The van der Waals surface area contributed by atoms with E-state index in [4.69, 9.17) is 4.74 Å². The molecular formula is C9H14N2O. The van der Waals surface area contributed by atoms with Gasteiger partial charge in [0.2, 0.25) is 0 Å². The molecule has 0 spiro atoms. The maximum atomic E-state index is 5.37. The highest BCUT2D eigenvalue weighted by atomic mass is 16.5. The molecule has 1 heterocycles. The van der Waals surface area contributed by atoms with Gasteiger partial charge in [-0.05, 0) is 20.8 Å². The Labute approximate surface area is 72.8 Å². The molecule has 0 bridgehead atoms. The molecule has 0 unspecified atom stereocenters. The van der Waals surface area contributed by atoms with Gasteiger partial charge in [0.05, 0.1) is 23.7 Å². The maximum Gasteiger partial charge on any atom is 0.0982 e. The Bertz CT molecular complexity index is 233. The lowest BCUT2D eigenvalue weighted by molar-refractivity contribution is 0.0731. The van der Waals surface area contributed by atoms with E-state index in [9.17, 15) is 0 Å². The van der Waals surface area contributed by atoms with Crippen LogP contribution in [0.25, 0.3) is 0 Å². The van der Waals surface area contributed by atoms with Gasteiger partial charge >= 0.3 is 0 Å². The topological polar surface area (TPSA) is 35.0 Å². The summed E-state index contributed by atoms with van der Waals surface area (Å²) in [6.45, 7) is 6.57. The molecule has 0 N–H and O–H groups in total. The van der Waals surface area contributed by atoms with Crippen molar-refractivity contribution in [1.82, 2.24) is 9.97 Å². The summed E-state index contributed by atoms with van der Waals surface area (Å²) < 4.78 is 5.37. The monoisotopic (exact) mass is 166 g/mol. The Kier molecular flexibility index (Phi) is 3.17. The van der Waals surface area contributed by atoms with Crippen LogP contribution < -0.4 is 0 Å². The van der Waals surface area contributed by atoms with Gasteiger partial charge in [0, 0.05) is 12.8 Å². The molecule has 0 aliphatic heterocycles. The number of rotatable bonds is 3. The molecule has 0 saturated carbocycles. The number of nitrogens with zero attached hydrogens (tertiary/aromatic N) is 2. The van der Waals surface area contributed by atoms with Gasteiger partial charge in [-0.2, -0.15) is 0 Å². The average Bonchev–Trinajstić information content (AvgIpc) is 2.06. The Morgan fingerprint density at radius 1 is 1.42 bits per heavy atom. The van der Waals surface area contributed by atoms with Crippen molar-refractivity contribution in [2.45, 2.75) is 26.9 Å². The molecule has 0 aromatic carbocycles.